The summed E-state index contributed by atoms with van der Waals surface area (Å²) < 4.78 is 6.72. The first-order valence-corrected chi connectivity index (χ1v) is 13.8. The smallest absolute Gasteiger partial charge is 0.224 e. The van der Waals surface area contributed by atoms with Crippen molar-refractivity contribution in [2.75, 3.05) is 7.11 Å². The molecular weight excluding hydrogens is 452 g/mol. The van der Waals surface area contributed by atoms with E-state index >= 15 is 0 Å². The van der Waals surface area contributed by atoms with Crippen LogP contribution in [0.3, 0.4) is 0 Å². The van der Waals surface area contributed by atoms with E-state index in [9.17, 15) is 4.79 Å². The fourth-order valence-electron chi connectivity index (χ4n) is 7.50. The van der Waals surface area contributed by atoms with Crippen LogP contribution in [0.5, 0.6) is 5.75 Å². The van der Waals surface area contributed by atoms with Crippen molar-refractivity contribution in [3.05, 3.63) is 59.1 Å². The molecule has 0 saturated heterocycles. The fraction of sp³-hybridized carbons (Fsp3) is 0.467. The molecule has 1 aromatic heterocycles. The van der Waals surface area contributed by atoms with E-state index in [0.29, 0.717) is 11.8 Å². The third-order valence-corrected chi connectivity index (χ3v) is 9.88. The predicted molar refractivity (Wildman–Crippen MR) is 143 cm³/mol. The molecule has 4 aliphatic rings. The second-order valence-electron chi connectivity index (χ2n) is 11.1. The molecule has 0 spiro atoms. The van der Waals surface area contributed by atoms with E-state index in [1.807, 2.05) is 42.5 Å². The van der Waals surface area contributed by atoms with Crippen LogP contribution in [0.1, 0.15) is 62.4 Å². The predicted octanol–water partition coefficient (Wildman–Crippen LogP) is 6.96. The molecule has 3 aromatic rings. The maximum absolute atomic E-state index is 13.5. The molecular formula is C30H34N2O2S. The molecule has 0 aliphatic heterocycles. The molecule has 7 rings (SSSR count). The quantitative estimate of drug-likeness (QED) is 0.393. The third-order valence-electron chi connectivity index (χ3n) is 8.77. The van der Waals surface area contributed by atoms with Gasteiger partial charge in [-0.2, -0.15) is 0 Å². The van der Waals surface area contributed by atoms with Gasteiger partial charge in [0.25, 0.3) is 0 Å². The van der Waals surface area contributed by atoms with Crippen LogP contribution in [0.2, 0.25) is 0 Å². The molecule has 1 N–H and O–H groups in total. The number of nitrogens with zero attached hydrogens (tertiary/aromatic N) is 1. The van der Waals surface area contributed by atoms with Crippen LogP contribution in [-0.2, 0) is 4.79 Å². The Hall–Kier alpha value is -2.66. The minimum atomic E-state index is 0.0913. The number of rotatable bonds is 7. The average molecular weight is 487 g/mol. The minimum absolute atomic E-state index is 0.0913. The molecule has 0 radical (unpaired) electrons. The first-order valence-electron chi connectivity index (χ1n) is 13.0. The van der Waals surface area contributed by atoms with Crippen LogP contribution >= 0.6 is 11.3 Å². The Morgan fingerprint density at radius 1 is 1.09 bits per heavy atom. The number of carbonyl (C=O) groups is 1. The van der Waals surface area contributed by atoms with Crippen LogP contribution in [0.25, 0.3) is 21.9 Å². The largest absolute Gasteiger partial charge is 0.496 e. The van der Waals surface area contributed by atoms with Gasteiger partial charge >= 0.3 is 0 Å². The van der Waals surface area contributed by atoms with Gasteiger partial charge in [0.05, 0.1) is 23.7 Å². The van der Waals surface area contributed by atoms with E-state index in [1.165, 1.54) is 38.5 Å². The van der Waals surface area contributed by atoms with Crippen LogP contribution in [0, 0.1) is 23.2 Å². The SMILES string of the molecule is COc1ccccc1C=C(CC(=O)NC(C)C12CC3CC(CC(C3)C1)C2)c1nc2ccccc2s1. The first-order chi connectivity index (χ1) is 17.0. The average Bonchev–Trinajstić information content (AvgIpc) is 3.27. The van der Waals surface area contributed by atoms with Crippen molar-refractivity contribution >= 4 is 39.1 Å². The number of nitrogens with one attached hydrogen (secondary N) is 1. The molecule has 35 heavy (non-hydrogen) atoms. The summed E-state index contributed by atoms with van der Waals surface area (Å²) in [6.07, 6.45) is 10.5. The lowest BCUT2D eigenvalue weighted by Gasteiger charge is -2.59. The number of ether oxygens (including phenoxy) is 1. The van der Waals surface area contributed by atoms with Crippen molar-refractivity contribution in [1.82, 2.24) is 10.3 Å². The summed E-state index contributed by atoms with van der Waals surface area (Å²) in [6, 6.07) is 16.3. The van der Waals surface area contributed by atoms with Gasteiger partial charge in [0.15, 0.2) is 0 Å². The number of benzene rings is 2. The fourth-order valence-corrected chi connectivity index (χ4v) is 8.48. The van der Waals surface area contributed by atoms with Crippen molar-refractivity contribution < 1.29 is 9.53 Å². The van der Waals surface area contributed by atoms with Gasteiger partial charge in [-0.15, -0.1) is 11.3 Å². The summed E-state index contributed by atoms with van der Waals surface area (Å²) in [5.41, 5.74) is 3.17. The number of methoxy groups -OCH3 is 1. The normalized spacial score (nSPS) is 28.3. The molecule has 1 heterocycles. The van der Waals surface area contributed by atoms with E-state index in [2.05, 4.69) is 24.4 Å². The lowest BCUT2D eigenvalue weighted by atomic mass is 9.48. The topological polar surface area (TPSA) is 51.2 Å². The van der Waals surface area contributed by atoms with Crippen molar-refractivity contribution in [2.45, 2.75) is 57.9 Å². The van der Waals surface area contributed by atoms with Crippen LogP contribution in [0.15, 0.2) is 48.5 Å². The molecule has 4 bridgehead atoms. The van der Waals surface area contributed by atoms with E-state index in [1.54, 1.807) is 18.4 Å². The molecule has 2 aromatic carbocycles. The van der Waals surface area contributed by atoms with Crippen LogP contribution in [0.4, 0.5) is 0 Å². The third kappa shape index (κ3) is 4.40. The maximum atomic E-state index is 13.5. The van der Waals surface area contributed by atoms with E-state index < -0.39 is 0 Å². The Morgan fingerprint density at radius 3 is 2.43 bits per heavy atom. The van der Waals surface area contributed by atoms with Crippen LogP contribution < -0.4 is 10.1 Å². The van der Waals surface area contributed by atoms with E-state index in [4.69, 9.17) is 9.72 Å². The van der Waals surface area contributed by atoms with Gasteiger partial charge in [0, 0.05) is 11.6 Å². The molecule has 4 nitrogen and oxygen atoms in total. The standard InChI is InChI=1S/C30H34N2O2S/c1-19(30-16-20-11-21(17-30)13-22(12-20)18-30)31-28(33)15-24(14-23-7-3-5-9-26(23)34-2)29-32-25-8-4-6-10-27(25)35-29/h3-10,14,19-22H,11-13,15-18H2,1-2H3,(H,31,33). The maximum Gasteiger partial charge on any atom is 0.224 e. The van der Waals surface area contributed by atoms with E-state index in [-0.39, 0.29) is 11.9 Å². The summed E-state index contributed by atoms with van der Waals surface area (Å²) in [7, 11) is 1.68. The van der Waals surface area contributed by atoms with Crippen molar-refractivity contribution in [1.29, 1.82) is 0 Å². The molecule has 182 valence electrons. The molecule has 1 unspecified atom stereocenters. The zero-order chi connectivity index (χ0) is 24.0. The Balaban J connectivity index is 1.26. The summed E-state index contributed by atoms with van der Waals surface area (Å²) in [5, 5.41) is 4.35. The second kappa shape index (κ2) is 9.09. The molecule has 4 saturated carbocycles. The van der Waals surface area contributed by atoms with Gasteiger partial charge in [0.2, 0.25) is 5.91 Å². The minimum Gasteiger partial charge on any atom is -0.496 e. The lowest BCUT2D eigenvalue weighted by molar-refractivity contribution is -0.124. The molecule has 5 heteroatoms. The van der Waals surface area contributed by atoms with Gasteiger partial charge < -0.3 is 10.1 Å². The molecule has 4 aliphatic carbocycles. The number of amides is 1. The highest BCUT2D eigenvalue weighted by Crippen LogP contribution is 2.61. The molecule has 1 atom stereocenters. The monoisotopic (exact) mass is 486 g/mol. The Labute approximate surface area is 211 Å². The number of fused-ring (bicyclic) bond motifs is 1. The van der Waals surface area contributed by atoms with Gasteiger partial charge in [0.1, 0.15) is 10.8 Å². The van der Waals surface area contributed by atoms with E-state index in [0.717, 1.165) is 49.9 Å². The molecule has 4 fully saturated rings. The first kappa shape index (κ1) is 22.8. The van der Waals surface area contributed by atoms with Gasteiger partial charge in [-0.05, 0) is 98.5 Å². The number of para-hydroxylation sites is 2. The number of hydrogen-bond donors (Lipinski definition) is 1. The van der Waals surface area contributed by atoms with Crippen molar-refractivity contribution in [2.24, 2.45) is 23.2 Å². The Bertz CT molecular complexity index is 1210. The Morgan fingerprint density at radius 2 is 1.74 bits per heavy atom. The number of hydrogen-bond acceptors (Lipinski definition) is 4. The summed E-state index contributed by atoms with van der Waals surface area (Å²) in [6.45, 7) is 2.26. The summed E-state index contributed by atoms with van der Waals surface area (Å²) in [4.78, 5) is 18.4. The number of thiazole rings is 1. The van der Waals surface area contributed by atoms with Gasteiger partial charge in [-0.25, -0.2) is 4.98 Å². The van der Waals surface area contributed by atoms with Crippen LogP contribution in [-0.4, -0.2) is 24.0 Å². The highest BCUT2D eigenvalue weighted by atomic mass is 32.1. The zero-order valence-corrected chi connectivity index (χ0v) is 21.4. The summed E-state index contributed by atoms with van der Waals surface area (Å²) >= 11 is 1.65. The van der Waals surface area contributed by atoms with Crippen molar-refractivity contribution in [3.8, 4) is 5.75 Å². The number of carbonyl (C=O) groups excluding carboxylic acids is 1. The number of aromatic nitrogens is 1. The Kier molecular flexibility index (Phi) is 5.92. The second-order valence-corrected chi connectivity index (χ2v) is 12.2. The lowest BCUT2D eigenvalue weighted by Crippen LogP contribution is -2.55. The zero-order valence-electron chi connectivity index (χ0n) is 20.6. The highest BCUT2D eigenvalue weighted by Gasteiger charge is 2.53. The highest BCUT2D eigenvalue weighted by molar-refractivity contribution is 7.19. The molecule has 1 amide bonds. The summed E-state index contributed by atoms with van der Waals surface area (Å²) in [5.74, 6) is 3.53. The van der Waals surface area contributed by atoms with Gasteiger partial charge in [-0.3, -0.25) is 4.79 Å². The van der Waals surface area contributed by atoms with Gasteiger partial charge in [-0.1, -0.05) is 30.3 Å². The van der Waals surface area contributed by atoms with Crippen molar-refractivity contribution in [3.63, 3.8) is 0 Å².